The minimum Gasteiger partial charge on any atom is -0.478 e. The first kappa shape index (κ1) is 15.2. The normalized spacial score (nSPS) is 11.8. The summed E-state index contributed by atoms with van der Waals surface area (Å²) in [6, 6.07) is 2.55. The molecule has 0 atom stereocenters. The van der Waals surface area contributed by atoms with E-state index in [0.29, 0.717) is 5.56 Å². The van der Waals surface area contributed by atoms with Crippen molar-refractivity contribution in [2.75, 3.05) is 20.4 Å². The number of benzene rings is 1. The number of carboxylic acids is 1. The lowest BCUT2D eigenvalue weighted by Gasteiger charge is -2.11. The second kappa shape index (κ2) is 5.40. The van der Waals surface area contributed by atoms with Crippen molar-refractivity contribution >= 4 is 27.8 Å². The number of aliphatic imine (C=N–C) groups is 1. The number of carboxylic acid groups (broad SMARTS) is 1. The molecule has 0 radical (unpaired) electrons. The molecule has 0 aromatic heterocycles. The molecule has 0 aliphatic carbocycles. The van der Waals surface area contributed by atoms with Gasteiger partial charge in [0.2, 0.25) is 0 Å². The van der Waals surface area contributed by atoms with Gasteiger partial charge < -0.3 is 10.0 Å². The third kappa shape index (κ3) is 3.54. The first-order valence-corrected chi connectivity index (χ1v) is 7.31. The highest BCUT2D eigenvalue weighted by molar-refractivity contribution is 7.90. The Labute approximate surface area is 112 Å². The summed E-state index contributed by atoms with van der Waals surface area (Å²) in [5.41, 5.74) is 0.530. The van der Waals surface area contributed by atoms with Crippen LogP contribution >= 0.6 is 0 Å². The Morgan fingerprint density at radius 3 is 2.37 bits per heavy atom. The Morgan fingerprint density at radius 2 is 1.95 bits per heavy atom. The fraction of sp³-hybridized carbons (Fsp3) is 0.333. The van der Waals surface area contributed by atoms with Crippen LogP contribution in [-0.2, 0) is 9.84 Å². The largest absolute Gasteiger partial charge is 0.478 e. The van der Waals surface area contributed by atoms with E-state index in [1.807, 2.05) is 0 Å². The standard InChI is InChI=1S/C12H16N2O4S/c1-8-9(12(15)16)5-6-10(19(4,17)18)11(8)13-7-14(2)3/h5-7H,1-4H3,(H,15,16)/b13-7+. The van der Waals surface area contributed by atoms with Gasteiger partial charge in [-0.2, -0.15) is 0 Å². The predicted octanol–water partition coefficient (Wildman–Crippen LogP) is 1.32. The maximum absolute atomic E-state index is 11.7. The van der Waals surface area contributed by atoms with Gasteiger partial charge in [0.1, 0.15) is 0 Å². The molecule has 6 nitrogen and oxygen atoms in total. The molecule has 0 unspecified atom stereocenters. The number of hydrogen-bond donors (Lipinski definition) is 1. The Hall–Kier alpha value is -1.89. The van der Waals surface area contributed by atoms with Gasteiger partial charge in [0.05, 0.1) is 22.5 Å². The molecular weight excluding hydrogens is 268 g/mol. The van der Waals surface area contributed by atoms with Gasteiger partial charge in [-0.05, 0) is 24.6 Å². The molecule has 19 heavy (non-hydrogen) atoms. The molecule has 0 bridgehead atoms. The van der Waals surface area contributed by atoms with Crippen LogP contribution in [0.5, 0.6) is 0 Å². The molecule has 0 amide bonds. The molecule has 0 aliphatic heterocycles. The minimum absolute atomic E-state index is 0.0214. The van der Waals surface area contributed by atoms with E-state index in [9.17, 15) is 13.2 Å². The maximum Gasteiger partial charge on any atom is 0.336 e. The average Bonchev–Trinajstić information content (AvgIpc) is 2.24. The van der Waals surface area contributed by atoms with Crippen molar-refractivity contribution in [2.45, 2.75) is 11.8 Å². The fourth-order valence-electron chi connectivity index (χ4n) is 1.54. The van der Waals surface area contributed by atoms with Crippen LogP contribution in [0.2, 0.25) is 0 Å². The average molecular weight is 284 g/mol. The van der Waals surface area contributed by atoms with Gasteiger partial charge >= 0.3 is 5.97 Å². The third-order valence-electron chi connectivity index (χ3n) is 2.44. The second-order valence-corrected chi connectivity index (χ2v) is 6.35. The SMILES string of the molecule is Cc1c(C(=O)O)ccc(S(C)(=O)=O)c1/N=C/N(C)C. The zero-order valence-corrected chi connectivity index (χ0v) is 12.0. The van der Waals surface area contributed by atoms with Crippen molar-refractivity contribution in [3.63, 3.8) is 0 Å². The summed E-state index contributed by atoms with van der Waals surface area (Å²) in [7, 11) is 0.000691. The van der Waals surface area contributed by atoms with Crippen LogP contribution < -0.4 is 0 Å². The molecule has 0 saturated heterocycles. The van der Waals surface area contributed by atoms with Crippen molar-refractivity contribution in [1.29, 1.82) is 0 Å². The first-order chi connectivity index (χ1) is 8.64. The zero-order chi connectivity index (χ0) is 14.8. The molecule has 1 N–H and O–H groups in total. The summed E-state index contributed by atoms with van der Waals surface area (Å²) in [5, 5.41) is 9.05. The summed E-state index contributed by atoms with van der Waals surface area (Å²) in [5.74, 6) is -1.11. The zero-order valence-electron chi connectivity index (χ0n) is 11.2. The van der Waals surface area contributed by atoms with Crippen molar-refractivity contribution in [3.05, 3.63) is 23.3 Å². The molecule has 0 spiro atoms. The first-order valence-electron chi connectivity index (χ1n) is 5.42. The lowest BCUT2D eigenvalue weighted by atomic mass is 10.1. The molecule has 0 fully saturated rings. The van der Waals surface area contributed by atoms with Gasteiger partial charge in [0, 0.05) is 20.4 Å². The molecule has 0 heterocycles. The number of nitrogens with zero attached hydrogens (tertiary/aromatic N) is 2. The van der Waals surface area contributed by atoms with E-state index in [2.05, 4.69) is 4.99 Å². The molecule has 104 valence electrons. The van der Waals surface area contributed by atoms with Gasteiger partial charge in [-0.15, -0.1) is 0 Å². The van der Waals surface area contributed by atoms with Gasteiger partial charge in [0.15, 0.2) is 9.84 Å². The van der Waals surface area contributed by atoms with E-state index in [0.717, 1.165) is 6.26 Å². The van der Waals surface area contributed by atoms with Crippen molar-refractivity contribution in [3.8, 4) is 0 Å². The van der Waals surface area contributed by atoms with E-state index in [1.54, 1.807) is 25.9 Å². The van der Waals surface area contributed by atoms with E-state index in [1.165, 1.54) is 18.5 Å². The predicted molar refractivity (Wildman–Crippen MR) is 73.1 cm³/mol. The van der Waals surface area contributed by atoms with Gasteiger partial charge in [0.25, 0.3) is 0 Å². The molecular formula is C12H16N2O4S. The molecule has 7 heteroatoms. The lowest BCUT2D eigenvalue weighted by Crippen LogP contribution is -2.09. The van der Waals surface area contributed by atoms with Crippen molar-refractivity contribution < 1.29 is 18.3 Å². The highest BCUT2D eigenvalue weighted by atomic mass is 32.2. The number of carbonyl (C=O) groups is 1. The summed E-state index contributed by atoms with van der Waals surface area (Å²) in [6.07, 6.45) is 2.50. The molecule has 1 aromatic rings. The quantitative estimate of drug-likeness (QED) is 0.665. The minimum atomic E-state index is -3.47. The van der Waals surface area contributed by atoms with Crippen LogP contribution in [0.3, 0.4) is 0 Å². The Kier molecular flexibility index (Phi) is 4.31. The van der Waals surface area contributed by atoms with Crippen molar-refractivity contribution in [2.24, 2.45) is 4.99 Å². The third-order valence-corrected chi connectivity index (χ3v) is 3.57. The van der Waals surface area contributed by atoms with Gasteiger partial charge in [-0.1, -0.05) is 0 Å². The number of hydrogen-bond acceptors (Lipinski definition) is 4. The Balaban J connectivity index is 3.60. The van der Waals surface area contributed by atoms with E-state index in [-0.39, 0.29) is 16.1 Å². The highest BCUT2D eigenvalue weighted by Crippen LogP contribution is 2.30. The maximum atomic E-state index is 11.7. The summed E-state index contributed by atoms with van der Waals surface area (Å²) in [4.78, 5) is 16.8. The van der Waals surface area contributed by atoms with Crippen LogP contribution in [0.25, 0.3) is 0 Å². The molecule has 0 aliphatic rings. The lowest BCUT2D eigenvalue weighted by molar-refractivity contribution is 0.0696. The monoisotopic (exact) mass is 284 g/mol. The van der Waals surface area contributed by atoms with E-state index >= 15 is 0 Å². The second-order valence-electron chi connectivity index (χ2n) is 4.37. The van der Waals surface area contributed by atoms with E-state index < -0.39 is 15.8 Å². The Bertz CT molecular complexity index is 633. The number of aromatic carboxylic acids is 1. The molecule has 1 rings (SSSR count). The van der Waals surface area contributed by atoms with Crippen molar-refractivity contribution in [1.82, 2.24) is 4.90 Å². The summed E-state index contributed by atoms with van der Waals surface area (Å²) in [6.45, 7) is 1.54. The van der Waals surface area contributed by atoms with Crippen LogP contribution in [0, 0.1) is 6.92 Å². The molecule has 1 aromatic carbocycles. The topological polar surface area (TPSA) is 87.0 Å². The smallest absolute Gasteiger partial charge is 0.336 e. The molecule has 0 saturated carbocycles. The van der Waals surface area contributed by atoms with Crippen LogP contribution in [0.15, 0.2) is 22.0 Å². The fourth-order valence-corrected chi connectivity index (χ4v) is 2.41. The number of rotatable bonds is 4. The number of sulfone groups is 1. The van der Waals surface area contributed by atoms with Crippen LogP contribution in [-0.4, -0.2) is 51.1 Å². The van der Waals surface area contributed by atoms with Crippen LogP contribution in [0.1, 0.15) is 15.9 Å². The van der Waals surface area contributed by atoms with Crippen LogP contribution in [0.4, 0.5) is 5.69 Å². The Morgan fingerprint density at radius 1 is 1.37 bits per heavy atom. The highest BCUT2D eigenvalue weighted by Gasteiger charge is 2.19. The van der Waals surface area contributed by atoms with E-state index in [4.69, 9.17) is 5.11 Å². The summed E-state index contributed by atoms with van der Waals surface area (Å²) < 4.78 is 23.4. The van der Waals surface area contributed by atoms with Gasteiger partial charge in [-0.25, -0.2) is 18.2 Å². The van der Waals surface area contributed by atoms with Gasteiger partial charge in [-0.3, -0.25) is 0 Å². The summed E-state index contributed by atoms with van der Waals surface area (Å²) >= 11 is 0.